The Morgan fingerprint density at radius 3 is 2.76 bits per heavy atom. The van der Waals surface area contributed by atoms with E-state index in [0.29, 0.717) is 5.25 Å². The molecule has 2 aromatic rings. The summed E-state index contributed by atoms with van der Waals surface area (Å²) in [4.78, 5) is 12.0. The van der Waals surface area contributed by atoms with Gasteiger partial charge in [0.15, 0.2) is 0 Å². The van der Waals surface area contributed by atoms with E-state index in [1.54, 1.807) is 11.3 Å². The van der Waals surface area contributed by atoms with Gasteiger partial charge in [0.1, 0.15) is 16.5 Å². The van der Waals surface area contributed by atoms with Crippen LogP contribution in [0.25, 0.3) is 10.2 Å². The van der Waals surface area contributed by atoms with Crippen LogP contribution in [-0.4, -0.2) is 21.8 Å². The van der Waals surface area contributed by atoms with Crippen LogP contribution in [0, 0.1) is 0 Å². The minimum atomic E-state index is 0.658. The smallest absolute Gasteiger partial charge is 0.142 e. The predicted molar refractivity (Wildman–Crippen MR) is 96.6 cm³/mol. The van der Waals surface area contributed by atoms with Gasteiger partial charge in [0.05, 0.1) is 11.1 Å². The van der Waals surface area contributed by atoms with E-state index in [-0.39, 0.29) is 0 Å². The Hall–Kier alpha value is -0.810. The van der Waals surface area contributed by atoms with Crippen LogP contribution in [0.4, 0.5) is 5.82 Å². The van der Waals surface area contributed by atoms with E-state index in [2.05, 4.69) is 39.1 Å². The second-order valence-corrected chi connectivity index (χ2v) is 7.77. The maximum Gasteiger partial charge on any atom is 0.142 e. The SMILES string of the molecule is CCCNc1nc(CSC(C)CC)nc2sc(CC)cc12. The quantitative estimate of drug-likeness (QED) is 0.733. The van der Waals surface area contributed by atoms with E-state index >= 15 is 0 Å². The molecule has 1 atom stereocenters. The second kappa shape index (κ2) is 7.99. The molecule has 0 radical (unpaired) electrons. The molecule has 0 amide bonds. The Kier molecular flexibility index (Phi) is 6.30. The van der Waals surface area contributed by atoms with Crippen LogP contribution >= 0.6 is 23.1 Å². The summed E-state index contributed by atoms with van der Waals surface area (Å²) in [5.74, 6) is 2.86. The van der Waals surface area contributed by atoms with Crippen LogP contribution in [0.5, 0.6) is 0 Å². The minimum absolute atomic E-state index is 0.658. The lowest BCUT2D eigenvalue weighted by molar-refractivity contribution is 0.901. The fourth-order valence-electron chi connectivity index (χ4n) is 1.97. The van der Waals surface area contributed by atoms with E-state index in [4.69, 9.17) is 9.97 Å². The number of anilines is 1. The zero-order chi connectivity index (χ0) is 15.2. The van der Waals surface area contributed by atoms with E-state index in [1.165, 1.54) is 16.7 Å². The Morgan fingerprint density at radius 1 is 1.29 bits per heavy atom. The van der Waals surface area contributed by atoms with Crippen molar-refractivity contribution in [2.75, 3.05) is 11.9 Å². The maximum atomic E-state index is 4.77. The molecule has 0 bridgehead atoms. The molecule has 0 saturated heterocycles. The first-order chi connectivity index (χ1) is 10.2. The molecule has 1 unspecified atom stereocenters. The highest BCUT2D eigenvalue weighted by Gasteiger charge is 2.12. The van der Waals surface area contributed by atoms with Gasteiger partial charge in [-0.25, -0.2) is 9.97 Å². The van der Waals surface area contributed by atoms with Crippen molar-refractivity contribution in [2.24, 2.45) is 0 Å². The molecule has 2 aromatic heterocycles. The number of fused-ring (bicyclic) bond motifs is 1. The molecule has 116 valence electrons. The number of hydrogen-bond acceptors (Lipinski definition) is 5. The highest BCUT2D eigenvalue weighted by molar-refractivity contribution is 7.99. The summed E-state index contributed by atoms with van der Waals surface area (Å²) < 4.78 is 0. The first-order valence-electron chi connectivity index (χ1n) is 7.82. The highest BCUT2D eigenvalue weighted by Crippen LogP contribution is 2.30. The molecule has 21 heavy (non-hydrogen) atoms. The summed E-state index contributed by atoms with van der Waals surface area (Å²) in [5, 5.41) is 5.30. The van der Waals surface area contributed by atoms with Gasteiger partial charge in [0.25, 0.3) is 0 Å². The summed E-state index contributed by atoms with van der Waals surface area (Å²) in [6.07, 6.45) is 3.35. The van der Waals surface area contributed by atoms with Crippen molar-refractivity contribution < 1.29 is 0 Å². The zero-order valence-corrected chi connectivity index (χ0v) is 15.0. The number of aromatic nitrogens is 2. The second-order valence-electron chi connectivity index (χ2n) is 5.23. The molecule has 2 rings (SSSR count). The first kappa shape index (κ1) is 16.6. The average molecular weight is 324 g/mol. The zero-order valence-electron chi connectivity index (χ0n) is 13.4. The average Bonchev–Trinajstić information content (AvgIpc) is 2.93. The number of nitrogens with one attached hydrogen (secondary N) is 1. The third-order valence-corrected chi connectivity index (χ3v) is 5.95. The maximum absolute atomic E-state index is 4.77. The third-order valence-electron chi connectivity index (χ3n) is 3.45. The Morgan fingerprint density at radius 2 is 2.10 bits per heavy atom. The topological polar surface area (TPSA) is 37.8 Å². The molecule has 1 N–H and O–H groups in total. The molecule has 2 heterocycles. The molecule has 5 heteroatoms. The van der Waals surface area contributed by atoms with Gasteiger partial charge in [-0.3, -0.25) is 0 Å². The van der Waals surface area contributed by atoms with Crippen LogP contribution in [0.15, 0.2) is 6.07 Å². The van der Waals surface area contributed by atoms with Crippen LogP contribution in [0.3, 0.4) is 0 Å². The number of thioether (sulfide) groups is 1. The molecule has 0 fully saturated rings. The van der Waals surface area contributed by atoms with Crippen molar-refractivity contribution in [3.63, 3.8) is 0 Å². The van der Waals surface area contributed by atoms with Crippen molar-refractivity contribution in [1.29, 1.82) is 0 Å². The van der Waals surface area contributed by atoms with Crippen LogP contribution < -0.4 is 5.32 Å². The van der Waals surface area contributed by atoms with Crippen molar-refractivity contribution in [3.8, 4) is 0 Å². The molecule has 0 saturated carbocycles. The van der Waals surface area contributed by atoms with E-state index < -0.39 is 0 Å². The molecular weight excluding hydrogens is 298 g/mol. The van der Waals surface area contributed by atoms with Crippen molar-refractivity contribution in [1.82, 2.24) is 9.97 Å². The number of rotatable bonds is 8. The van der Waals surface area contributed by atoms with E-state index in [9.17, 15) is 0 Å². The van der Waals surface area contributed by atoms with Crippen molar-refractivity contribution in [3.05, 3.63) is 16.8 Å². The lowest BCUT2D eigenvalue weighted by Gasteiger charge is -2.10. The van der Waals surface area contributed by atoms with Crippen molar-refractivity contribution in [2.45, 2.75) is 58.0 Å². The molecule has 0 aliphatic carbocycles. The Labute approximate surface area is 136 Å². The fraction of sp³-hybridized carbons (Fsp3) is 0.625. The number of hydrogen-bond donors (Lipinski definition) is 1. The van der Waals surface area contributed by atoms with E-state index in [0.717, 1.165) is 41.6 Å². The van der Waals surface area contributed by atoms with Gasteiger partial charge in [-0.05, 0) is 25.3 Å². The molecule has 0 aliphatic heterocycles. The molecule has 3 nitrogen and oxygen atoms in total. The largest absolute Gasteiger partial charge is 0.369 e. The van der Waals surface area contributed by atoms with Crippen LogP contribution in [0.2, 0.25) is 0 Å². The van der Waals surface area contributed by atoms with Crippen LogP contribution in [-0.2, 0) is 12.2 Å². The first-order valence-corrected chi connectivity index (χ1v) is 9.69. The summed E-state index contributed by atoms with van der Waals surface area (Å²) in [7, 11) is 0. The lowest BCUT2D eigenvalue weighted by Crippen LogP contribution is -2.05. The third kappa shape index (κ3) is 4.33. The van der Waals surface area contributed by atoms with Gasteiger partial charge in [-0.2, -0.15) is 11.8 Å². The van der Waals surface area contributed by atoms with Gasteiger partial charge in [0, 0.05) is 16.7 Å². The lowest BCUT2D eigenvalue weighted by atomic mass is 10.3. The highest BCUT2D eigenvalue weighted by atomic mass is 32.2. The van der Waals surface area contributed by atoms with Gasteiger partial charge >= 0.3 is 0 Å². The van der Waals surface area contributed by atoms with Gasteiger partial charge in [-0.1, -0.05) is 27.7 Å². The monoisotopic (exact) mass is 323 g/mol. The Bertz CT molecular complexity index is 580. The molecular formula is C16H25N3S2. The van der Waals surface area contributed by atoms with Crippen molar-refractivity contribution >= 4 is 39.1 Å². The van der Waals surface area contributed by atoms with E-state index in [1.807, 2.05) is 11.8 Å². The van der Waals surface area contributed by atoms with Gasteiger partial charge in [-0.15, -0.1) is 11.3 Å². The number of thiophene rings is 1. The summed E-state index contributed by atoms with van der Waals surface area (Å²) in [6, 6.07) is 2.24. The van der Waals surface area contributed by atoms with Crippen LogP contribution in [0.1, 0.15) is 51.2 Å². The predicted octanol–water partition coefficient (Wildman–Crippen LogP) is 5.11. The Balaban J connectivity index is 2.29. The minimum Gasteiger partial charge on any atom is -0.369 e. The standard InChI is InChI=1S/C16H25N3S2/c1-5-8-17-15-13-9-12(7-3)21-16(13)19-14(18-15)10-20-11(4)6-2/h9,11H,5-8,10H2,1-4H3,(H,17,18,19). The van der Waals surface area contributed by atoms with Gasteiger partial charge < -0.3 is 5.32 Å². The normalized spacial score (nSPS) is 12.8. The summed E-state index contributed by atoms with van der Waals surface area (Å²) in [5.41, 5.74) is 0. The molecule has 0 spiro atoms. The fourth-order valence-corrected chi connectivity index (χ4v) is 3.75. The molecule has 0 aromatic carbocycles. The number of nitrogens with zero attached hydrogens (tertiary/aromatic N) is 2. The van der Waals surface area contributed by atoms with Gasteiger partial charge in [0.2, 0.25) is 0 Å². The molecule has 0 aliphatic rings. The summed E-state index contributed by atoms with van der Waals surface area (Å²) in [6.45, 7) is 9.82. The summed E-state index contributed by atoms with van der Waals surface area (Å²) >= 11 is 3.73. The number of aryl methyl sites for hydroxylation is 1.